The van der Waals surface area contributed by atoms with Gasteiger partial charge < -0.3 is 18.9 Å². The van der Waals surface area contributed by atoms with Crippen molar-refractivity contribution in [3.05, 3.63) is 47.5 Å². The topological polar surface area (TPSA) is 54.0 Å². The Bertz CT molecular complexity index is 829. The normalized spacial score (nSPS) is 12.6. The maximum absolute atomic E-state index is 12.7. The van der Waals surface area contributed by atoms with E-state index in [1.54, 1.807) is 50.3 Å². The zero-order valence-corrected chi connectivity index (χ0v) is 15.0. The lowest BCUT2D eigenvalue weighted by Gasteiger charge is -2.10. The molecule has 0 amide bonds. The lowest BCUT2D eigenvalue weighted by Crippen LogP contribution is -2.00. The minimum atomic E-state index is -0.156. The molecule has 3 rings (SSSR count). The third-order valence-electron chi connectivity index (χ3n) is 3.81. The third-order valence-corrected chi connectivity index (χ3v) is 4.67. The molecule has 0 spiro atoms. The first-order valence-electron chi connectivity index (χ1n) is 7.59. The molecule has 0 fully saturated rings. The molecule has 2 aromatic carbocycles. The van der Waals surface area contributed by atoms with Crippen LogP contribution in [0.5, 0.6) is 23.0 Å². The van der Waals surface area contributed by atoms with Crippen molar-refractivity contribution in [3.63, 3.8) is 0 Å². The predicted octanol–water partition coefficient (Wildman–Crippen LogP) is 4.05. The van der Waals surface area contributed by atoms with Gasteiger partial charge in [0.1, 0.15) is 17.4 Å². The average molecular weight is 358 g/mol. The second-order valence-corrected chi connectivity index (χ2v) is 6.15. The van der Waals surface area contributed by atoms with Gasteiger partial charge in [0.15, 0.2) is 17.3 Å². The molecule has 1 heterocycles. The Morgan fingerprint density at radius 1 is 1.12 bits per heavy atom. The fraction of sp³-hybridized carbons (Fsp3) is 0.211. The van der Waals surface area contributed by atoms with Crippen LogP contribution in [0, 0.1) is 0 Å². The fourth-order valence-electron chi connectivity index (χ4n) is 2.58. The number of fused-ring (bicyclic) bond motifs is 1. The molecule has 0 bridgehead atoms. The van der Waals surface area contributed by atoms with Crippen molar-refractivity contribution in [1.29, 1.82) is 0 Å². The molecule has 0 saturated carbocycles. The number of rotatable bonds is 6. The highest BCUT2D eigenvalue weighted by Gasteiger charge is 2.20. The highest BCUT2D eigenvalue weighted by atomic mass is 32.2. The van der Waals surface area contributed by atoms with Crippen LogP contribution in [-0.2, 0) is 0 Å². The molecule has 0 aromatic heterocycles. The van der Waals surface area contributed by atoms with Crippen molar-refractivity contribution >= 4 is 23.6 Å². The number of methoxy groups -OCH3 is 3. The summed E-state index contributed by atoms with van der Waals surface area (Å²) >= 11 is 1.55. The van der Waals surface area contributed by atoms with Crippen molar-refractivity contribution in [2.75, 3.05) is 27.3 Å². The van der Waals surface area contributed by atoms with Crippen molar-refractivity contribution in [3.8, 4) is 23.0 Å². The van der Waals surface area contributed by atoms with Gasteiger partial charge in [0.25, 0.3) is 0 Å². The summed E-state index contributed by atoms with van der Waals surface area (Å²) < 4.78 is 21.5. The van der Waals surface area contributed by atoms with Gasteiger partial charge >= 0.3 is 0 Å². The molecule has 5 nitrogen and oxygen atoms in total. The van der Waals surface area contributed by atoms with Gasteiger partial charge in [0.2, 0.25) is 0 Å². The molecule has 0 N–H and O–H groups in total. The van der Waals surface area contributed by atoms with E-state index in [2.05, 4.69) is 0 Å². The van der Waals surface area contributed by atoms with E-state index in [0.717, 1.165) is 16.2 Å². The van der Waals surface area contributed by atoms with Crippen molar-refractivity contribution in [2.45, 2.75) is 4.90 Å². The quantitative estimate of drug-likeness (QED) is 0.574. The average Bonchev–Trinajstić information content (AvgIpc) is 3.11. The molecule has 6 heteroatoms. The van der Waals surface area contributed by atoms with Crippen molar-refractivity contribution in [1.82, 2.24) is 0 Å². The maximum Gasteiger partial charge on any atom is 0.189 e. The Morgan fingerprint density at radius 3 is 2.64 bits per heavy atom. The molecule has 1 aliphatic rings. The Labute approximate surface area is 150 Å². The van der Waals surface area contributed by atoms with Crippen LogP contribution in [0.4, 0.5) is 0 Å². The summed E-state index contributed by atoms with van der Waals surface area (Å²) in [6.07, 6.45) is 3.21. The minimum absolute atomic E-state index is 0.156. The van der Waals surface area contributed by atoms with Gasteiger partial charge in [-0.15, -0.1) is 0 Å². The number of hydrogen-bond donors (Lipinski definition) is 0. The molecular formula is C19H18O5S. The van der Waals surface area contributed by atoms with Gasteiger partial charge in [-0.1, -0.05) is 23.9 Å². The zero-order chi connectivity index (χ0) is 17.8. The molecule has 0 unspecified atom stereocenters. The lowest BCUT2D eigenvalue weighted by molar-refractivity contribution is 0.104. The first kappa shape index (κ1) is 17.2. The fourth-order valence-corrected chi connectivity index (χ4v) is 3.36. The number of carbonyl (C=O) groups is 1. The van der Waals surface area contributed by atoms with E-state index in [-0.39, 0.29) is 5.78 Å². The van der Waals surface area contributed by atoms with Gasteiger partial charge in [0, 0.05) is 11.6 Å². The molecule has 2 aromatic rings. The van der Waals surface area contributed by atoms with E-state index in [1.807, 2.05) is 12.1 Å². The van der Waals surface area contributed by atoms with Crippen LogP contribution in [0.1, 0.15) is 15.9 Å². The predicted molar refractivity (Wildman–Crippen MR) is 97.3 cm³/mol. The number of thioether (sulfide) groups is 1. The van der Waals surface area contributed by atoms with Crippen LogP contribution in [0.25, 0.3) is 6.08 Å². The summed E-state index contributed by atoms with van der Waals surface area (Å²) in [4.78, 5) is 13.6. The number of para-hydroxylation sites is 1. The second kappa shape index (κ2) is 7.53. The minimum Gasteiger partial charge on any atom is -0.496 e. The van der Waals surface area contributed by atoms with Crippen LogP contribution in [-0.4, -0.2) is 33.1 Å². The number of benzene rings is 2. The summed E-state index contributed by atoms with van der Waals surface area (Å²) in [5.74, 6) is 2.83. The molecule has 0 saturated heterocycles. The first-order valence-corrected chi connectivity index (χ1v) is 8.57. The highest BCUT2D eigenvalue weighted by Crippen LogP contribution is 2.41. The molecule has 1 aliphatic heterocycles. The van der Waals surface area contributed by atoms with Crippen molar-refractivity contribution < 1.29 is 23.7 Å². The maximum atomic E-state index is 12.7. The molecular weight excluding hydrogens is 340 g/mol. The summed E-state index contributed by atoms with van der Waals surface area (Å²) in [5.41, 5.74) is 1.25. The van der Waals surface area contributed by atoms with E-state index in [4.69, 9.17) is 18.9 Å². The van der Waals surface area contributed by atoms with E-state index in [9.17, 15) is 4.79 Å². The number of ketones is 1. The Balaban J connectivity index is 1.92. The molecule has 130 valence electrons. The third kappa shape index (κ3) is 3.44. The summed E-state index contributed by atoms with van der Waals surface area (Å²) in [6.45, 7) is 0. The van der Waals surface area contributed by atoms with E-state index >= 15 is 0 Å². The molecule has 0 radical (unpaired) electrons. The van der Waals surface area contributed by atoms with Crippen LogP contribution < -0.4 is 18.9 Å². The van der Waals surface area contributed by atoms with Crippen LogP contribution in [0.2, 0.25) is 0 Å². The second-order valence-electron chi connectivity index (χ2n) is 5.19. The monoisotopic (exact) mass is 358 g/mol. The van der Waals surface area contributed by atoms with Gasteiger partial charge in [-0.05, 0) is 24.3 Å². The summed E-state index contributed by atoms with van der Waals surface area (Å²) in [7, 11) is 4.68. The van der Waals surface area contributed by atoms with Crippen LogP contribution in [0.3, 0.4) is 0 Å². The van der Waals surface area contributed by atoms with E-state index < -0.39 is 0 Å². The smallest absolute Gasteiger partial charge is 0.189 e. The summed E-state index contributed by atoms with van der Waals surface area (Å²) in [6, 6.07) is 9.06. The molecule has 0 atom stereocenters. The Kier molecular flexibility index (Phi) is 5.19. The highest BCUT2D eigenvalue weighted by molar-refractivity contribution is 7.99. The van der Waals surface area contributed by atoms with Crippen LogP contribution >= 0.6 is 11.8 Å². The van der Waals surface area contributed by atoms with Crippen molar-refractivity contribution in [2.24, 2.45) is 0 Å². The number of hydrogen-bond acceptors (Lipinski definition) is 6. The largest absolute Gasteiger partial charge is 0.496 e. The van der Waals surface area contributed by atoms with Crippen LogP contribution in [0.15, 0.2) is 41.3 Å². The molecule has 0 aliphatic carbocycles. The SMILES string of the molecule is COc1cc2c(cc1C(=O)/C=C/c1cccc(OC)c1OC)SCO2. The Morgan fingerprint density at radius 2 is 1.92 bits per heavy atom. The number of ether oxygens (including phenoxy) is 4. The van der Waals surface area contributed by atoms with E-state index in [0.29, 0.717) is 28.8 Å². The molecule has 25 heavy (non-hydrogen) atoms. The number of allylic oxidation sites excluding steroid dienone is 1. The summed E-state index contributed by atoms with van der Waals surface area (Å²) in [5, 5.41) is 0. The van der Waals surface area contributed by atoms with Gasteiger partial charge in [-0.3, -0.25) is 4.79 Å². The lowest BCUT2D eigenvalue weighted by atomic mass is 10.1. The Hall–Kier alpha value is -2.60. The van der Waals surface area contributed by atoms with Gasteiger partial charge in [0.05, 0.1) is 31.8 Å². The number of carbonyl (C=O) groups excluding carboxylic acids is 1. The van der Waals surface area contributed by atoms with E-state index in [1.165, 1.54) is 13.2 Å². The first-order chi connectivity index (χ1) is 12.2. The van der Waals surface area contributed by atoms with Gasteiger partial charge in [-0.25, -0.2) is 0 Å². The van der Waals surface area contributed by atoms with Gasteiger partial charge in [-0.2, -0.15) is 0 Å². The standard InChI is InChI=1S/C19H18O5S/c1-21-15-6-4-5-12(19(15)23-3)7-8-14(20)13-9-18-17(24-11-25-18)10-16(13)22-2/h4-10H,11H2,1-3H3/b8-7+. The zero-order valence-electron chi connectivity index (χ0n) is 14.2.